The Labute approximate surface area is 168 Å². The maximum atomic E-state index is 13.4. The predicted octanol–water partition coefficient (Wildman–Crippen LogP) is 5.09. The number of amides is 1. The van der Waals surface area contributed by atoms with Crippen LogP contribution in [0.2, 0.25) is 0 Å². The molecule has 0 saturated carbocycles. The lowest BCUT2D eigenvalue weighted by atomic mass is 9.90. The van der Waals surface area contributed by atoms with Crippen molar-refractivity contribution < 1.29 is 13.6 Å². The topological polar surface area (TPSA) is 44.1 Å². The van der Waals surface area contributed by atoms with Crippen molar-refractivity contribution in [1.29, 1.82) is 5.26 Å². The van der Waals surface area contributed by atoms with E-state index in [-0.39, 0.29) is 12.1 Å². The lowest BCUT2D eigenvalue weighted by molar-refractivity contribution is 0.0608. The Morgan fingerprint density at radius 3 is 2.03 bits per heavy atom. The summed E-state index contributed by atoms with van der Waals surface area (Å²) in [7, 11) is 0. The highest BCUT2D eigenvalue weighted by Gasteiger charge is 2.37. The maximum Gasteiger partial charge on any atom is 0.255 e. The number of carbonyl (C=O) groups excluding carboxylic acids is 1. The minimum absolute atomic E-state index is 0.266. The lowest BCUT2D eigenvalue weighted by Crippen LogP contribution is -2.47. The van der Waals surface area contributed by atoms with Crippen molar-refractivity contribution in [3.05, 3.63) is 107 Å². The Hall–Kier alpha value is -3.52. The molecule has 0 aliphatic heterocycles. The van der Waals surface area contributed by atoms with Gasteiger partial charge in [0.25, 0.3) is 5.91 Å². The van der Waals surface area contributed by atoms with Gasteiger partial charge in [-0.25, -0.2) is 8.78 Å². The van der Waals surface area contributed by atoms with E-state index in [1.54, 1.807) is 6.92 Å². The average molecular weight is 390 g/mol. The van der Waals surface area contributed by atoms with Crippen molar-refractivity contribution in [2.45, 2.75) is 18.9 Å². The summed E-state index contributed by atoms with van der Waals surface area (Å²) in [6, 6.07) is 22.6. The van der Waals surface area contributed by atoms with Gasteiger partial charge in [0.1, 0.15) is 11.6 Å². The molecule has 5 heteroatoms. The molecule has 29 heavy (non-hydrogen) atoms. The third-order valence-corrected chi connectivity index (χ3v) is 4.97. The summed E-state index contributed by atoms with van der Waals surface area (Å²) in [6.07, 6.45) is 0.534. The van der Waals surface area contributed by atoms with Crippen LogP contribution in [-0.4, -0.2) is 17.4 Å². The molecule has 0 bridgehead atoms. The molecule has 0 radical (unpaired) electrons. The Balaban J connectivity index is 2.00. The van der Waals surface area contributed by atoms with Gasteiger partial charge in [-0.15, -0.1) is 0 Å². The zero-order valence-electron chi connectivity index (χ0n) is 16.0. The van der Waals surface area contributed by atoms with Crippen LogP contribution in [0.15, 0.2) is 78.9 Å². The number of hydrogen-bond acceptors (Lipinski definition) is 2. The summed E-state index contributed by atoms with van der Waals surface area (Å²) in [5.74, 6) is -1.26. The van der Waals surface area contributed by atoms with Gasteiger partial charge in [-0.05, 0) is 60.9 Å². The van der Waals surface area contributed by atoms with Gasteiger partial charge < -0.3 is 4.90 Å². The number of nitriles is 1. The molecule has 0 N–H and O–H groups in total. The monoisotopic (exact) mass is 390 g/mol. The van der Waals surface area contributed by atoms with Crippen molar-refractivity contribution in [2.75, 3.05) is 6.54 Å². The molecule has 3 aromatic carbocycles. The molecule has 1 amide bonds. The zero-order valence-corrected chi connectivity index (χ0v) is 16.0. The van der Waals surface area contributed by atoms with Crippen molar-refractivity contribution in [1.82, 2.24) is 4.90 Å². The first-order valence-corrected chi connectivity index (χ1v) is 9.23. The molecule has 3 nitrogen and oxygen atoms in total. The Morgan fingerprint density at radius 1 is 0.931 bits per heavy atom. The van der Waals surface area contributed by atoms with E-state index < -0.39 is 23.1 Å². The molecule has 0 saturated heterocycles. The Bertz CT molecular complexity index is 1010. The molecule has 146 valence electrons. The van der Waals surface area contributed by atoms with E-state index in [1.165, 1.54) is 53.4 Å². The molecular formula is C24H20F2N2O. The Kier molecular flexibility index (Phi) is 6.04. The molecule has 1 atom stereocenters. The molecule has 1 unspecified atom stereocenters. The highest BCUT2D eigenvalue weighted by atomic mass is 19.1. The Morgan fingerprint density at radius 2 is 1.48 bits per heavy atom. The molecule has 0 heterocycles. The number of carbonyl (C=O) groups is 1. The van der Waals surface area contributed by atoms with Crippen molar-refractivity contribution in [3.63, 3.8) is 0 Å². The minimum atomic E-state index is -1.33. The van der Waals surface area contributed by atoms with Gasteiger partial charge >= 0.3 is 0 Å². The largest absolute Gasteiger partial charge is 0.316 e. The van der Waals surface area contributed by atoms with Gasteiger partial charge in [-0.2, -0.15) is 5.26 Å². The van der Waals surface area contributed by atoms with E-state index in [2.05, 4.69) is 6.07 Å². The van der Waals surface area contributed by atoms with Crippen LogP contribution in [0, 0.1) is 23.0 Å². The fourth-order valence-corrected chi connectivity index (χ4v) is 3.22. The molecule has 0 spiro atoms. The normalized spacial score (nSPS) is 12.6. The molecule has 0 aliphatic rings. The van der Waals surface area contributed by atoms with Crippen LogP contribution in [0.3, 0.4) is 0 Å². The van der Waals surface area contributed by atoms with Gasteiger partial charge in [-0.3, -0.25) is 4.79 Å². The average Bonchev–Trinajstić information content (AvgIpc) is 2.75. The fourth-order valence-electron chi connectivity index (χ4n) is 3.22. The van der Waals surface area contributed by atoms with E-state index in [0.717, 1.165) is 5.56 Å². The molecule has 0 fully saturated rings. The molecule has 0 aromatic heterocycles. The van der Waals surface area contributed by atoms with Gasteiger partial charge in [-0.1, -0.05) is 42.5 Å². The molecule has 0 aliphatic carbocycles. The quantitative estimate of drug-likeness (QED) is 0.589. The van der Waals surface area contributed by atoms with Crippen LogP contribution >= 0.6 is 0 Å². The summed E-state index contributed by atoms with van der Waals surface area (Å²) >= 11 is 0. The van der Waals surface area contributed by atoms with E-state index in [4.69, 9.17) is 0 Å². The third kappa shape index (κ3) is 4.49. The number of benzene rings is 3. The smallest absolute Gasteiger partial charge is 0.255 e. The molecule has 3 aromatic rings. The van der Waals surface area contributed by atoms with Gasteiger partial charge in [0.15, 0.2) is 5.54 Å². The maximum absolute atomic E-state index is 13.4. The molecule has 3 rings (SSSR count). The minimum Gasteiger partial charge on any atom is -0.316 e. The van der Waals surface area contributed by atoms with Gasteiger partial charge in [0.05, 0.1) is 6.07 Å². The second kappa shape index (κ2) is 8.66. The first-order valence-electron chi connectivity index (χ1n) is 9.23. The van der Waals surface area contributed by atoms with Crippen LogP contribution in [0.4, 0.5) is 8.78 Å². The zero-order chi connectivity index (χ0) is 20.9. The SMILES string of the molecule is CC(C#N)(c1ccc(F)cc1)N(CCc1ccccc1)C(=O)c1ccc(F)cc1. The predicted molar refractivity (Wildman–Crippen MR) is 107 cm³/mol. The summed E-state index contributed by atoms with van der Waals surface area (Å²) in [6.45, 7) is 1.90. The van der Waals surface area contributed by atoms with Crippen molar-refractivity contribution in [2.24, 2.45) is 0 Å². The number of halogens is 2. The fraction of sp³-hybridized carbons (Fsp3) is 0.167. The summed E-state index contributed by atoms with van der Waals surface area (Å²) < 4.78 is 26.7. The number of nitrogens with zero attached hydrogens (tertiary/aromatic N) is 2. The van der Waals surface area contributed by atoms with Gasteiger partial charge in [0, 0.05) is 12.1 Å². The summed E-state index contributed by atoms with van der Waals surface area (Å²) in [5, 5.41) is 10.0. The van der Waals surface area contributed by atoms with Crippen LogP contribution in [0.5, 0.6) is 0 Å². The van der Waals surface area contributed by atoms with E-state index >= 15 is 0 Å². The number of hydrogen-bond donors (Lipinski definition) is 0. The van der Waals surface area contributed by atoms with Crippen molar-refractivity contribution in [3.8, 4) is 6.07 Å². The van der Waals surface area contributed by atoms with Crippen LogP contribution < -0.4 is 0 Å². The summed E-state index contributed by atoms with van der Waals surface area (Å²) in [4.78, 5) is 14.8. The number of rotatable bonds is 6. The van der Waals surface area contributed by atoms with Crippen molar-refractivity contribution >= 4 is 5.91 Å². The van der Waals surface area contributed by atoms with E-state index in [0.29, 0.717) is 12.0 Å². The van der Waals surface area contributed by atoms with Crippen LogP contribution in [-0.2, 0) is 12.0 Å². The van der Waals surface area contributed by atoms with Crippen LogP contribution in [0.1, 0.15) is 28.4 Å². The second-order valence-corrected chi connectivity index (χ2v) is 6.89. The van der Waals surface area contributed by atoms with Crippen LogP contribution in [0.25, 0.3) is 0 Å². The van der Waals surface area contributed by atoms with E-state index in [1.807, 2.05) is 30.3 Å². The second-order valence-electron chi connectivity index (χ2n) is 6.89. The summed E-state index contributed by atoms with van der Waals surface area (Å²) in [5.41, 5.74) is 0.477. The lowest BCUT2D eigenvalue weighted by Gasteiger charge is -2.37. The van der Waals surface area contributed by atoms with E-state index in [9.17, 15) is 18.8 Å². The van der Waals surface area contributed by atoms with Gasteiger partial charge in [0.2, 0.25) is 0 Å². The first-order chi connectivity index (χ1) is 13.9. The first kappa shape index (κ1) is 20.2. The third-order valence-electron chi connectivity index (χ3n) is 4.97. The highest BCUT2D eigenvalue weighted by Crippen LogP contribution is 2.30. The highest BCUT2D eigenvalue weighted by molar-refractivity contribution is 5.95. The standard InChI is InChI=1S/C24H20F2N2O/c1-24(17-27,20-9-13-22(26)14-10-20)28(16-15-18-5-3-2-4-6-18)23(29)19-7-11-21(25)12-8-19/h2-14H,15-16H2,1H3. The molecular weight excluding hydrogens is 370 g/mol.